The topological polar surface area (TPSA) is 77.8 Å². The fourth-order valence-corrected chi connectivity index (χ4v) is 2.05. The summed E-state index contributed by atoms with van der Waals surface area (Å²) >= 11 is 0. The molecule has 0 unspecified atom stereocenters. The van der Waals surface area contributed by atoms with Crippen LogP contribution >= 0.6 is 0 Å². The molecule has 0 fully saturated rings. The molecule has 0 aliphatic heterocycles. The molecule has 0 bridgehead atoms. The largest absolute Gasteiger partial charge is 0.383 e. The number of hydrogen-bond donors (Lipinski definition) is 2. The van der Waals surface area contributed by atoms with Gasteiger partial charge in [-0.1, -0.05) is 48.6 Å². The minimum absolute atomic E-state index is 0.197. The lowest BCUT2D eigenvalue weighted by Gasteiger charge is -2.03. The number of nitrogen functional groups attached to an aromatic ring is 2. The molecule has 20 heavy (non-hydrogen) atoms. The maximum atomic E-state index is 5.88. The van der Waals surface area contributed by atoms with Gasteiger partial charge < -0.3 is 11.5 Å². The van der Waals surface area contributed by atoms with Gasteiger partial charge in [-0.15, -0.1) is 0 Å². The van der Waals surface area contributed by atoms with Gasteiger partial charge in [-0.3, -0.25) is 0 Å². The molecule has 4 nitrogen and oxygen atoms in total. The fourth-order valence-electron chi connectivity index (χ4n) is 2.05. The van der Waals surface area contributed by atoms with Crippen LogP contribution in [0.3, 0.4) is 0 Å². The van der Waals surface area contributed by atoms with E-state index in [9.17, 15) is 0 Å². The molecular weight excluding hydrogens is 248 g/mol. The predicted molar refractivity (Wildman–Crippen MR) is 83.7 cm³/mol. The quantitative estimate of drug-likeness (QED) is 0.696. The molecule has 4 heteroatoms. The first-order valence-corrected chi connectivity index (χ1v) is 6.28. The van der Waals surface area contributed by atoms with Gasteiger partial charge in [-0.05, 0) is 23.3 Å². The summed E-state index contributed by atoms with van der Waals surface area (Å²) in [6, 6.07) is 16.0. The Bertz CT molecular complexity index is 779. The minimum atomic E-state index is 0.197. The molecule has 0 aliphatic carbocycles. The van der Waals surface area contributed by atoms with Crippen molar-refractivity contribution < 1.29 is 0 Å². The zero-order valence-corrected chi connectivity index (χ0v) is 10.8. The summed E-state index contributed by atoms with van der Waals surface area (Å²) in [6.45, 7) is 0. The average Bonchev–Trinajstić information content (AvgIpc) is 2.46. The molecule has 0 aliphatic rings. The molecule has 0 atom stereocenters. The molecule has 3 aromatic rings. The Morgan fingerprint density at radius 3 is 2.35 bits per heavy atom. The minimum Gasteiger partial charge on any atom is -0.383 e. The van der Waals surface area contributed by atoms with Crippen molar-refractivity contribution in [3.05, 3.63) is 59.7 Å². The summed E-state index contributed by atoms with van der Waals surface area (Å²) in [7, 11) is 0. The van der Waals surface area contributed by atoms with Crippen LogP contribution in [-0.2, 0) is 0 Å². The summed E-state index contributed by atoms with van der Waals surface area (Å²) < 4.78 is 0. The van der Waals surface area contributed by atoms with E-state index in [2.05, 4.69) is 28.2 Å². The van der Waals surface area contributed by atoms with Crippen LogP contribution in [0, 0.1) is 0 Å². The first kappa shape index (κ1) is 12.2. The summed E-state index contributed by atoms with van der Waals surface area (Å²) in [4.78, 5) is 8.14. The average molecular weight is 262 g/mol. The Morgan fingerprint density at radius 2 is 1.55 bits per heavy atom. The van der Waals surface area contributed by atoms with Crippen molar-refractivity contribution in [2.45, 2.75) is 0 Å². The van der Waals surface area contributed by atoms with E-state index in [4.69, 9.17) is 11.5 Å². The number of aromatic nitrogens is 2. The van der Waals surface area contributed by atoms with E-state index in [1.165, 1.54) is 0 Å². The van der Waals surface area contributed by atoms with E-state index in [-0.39, 0.29) is 5.95 Å². The molecule has 3 rings (SSSR count). The number of nitrogens with zero attached hydrogens (tertiary/aromatic N) is 2. The molecular formula is C16H14N4. The second kappa shape index (κ2) is 5.01. The summed E-state index contributed by atoms with van der Waals surface area (Å²) in [5.41, 5.74) is 14.4. The summed E-state index contributed by atoms with van der Waals surface area (Å²) in [6.07, 6.45) is 4.08. The van der Waals surface area contributed by atoms with Gasteiger partial charge in [0.1, 0.15) is 5.82 Å². The van der Waals surface area contributed by atoms with Crippen LogP contribution in [0.2, 0.25) is 0 Å². The Balaban J connectivity index is 1.99. The third-order valence-electron chi connectivity index (χ3n) is 3.03. The lowest BCUT2D eigenvalue weighted by Crippen LogP contribution is -2.00. The molecule has 4 N–H and O–H groups in total. The number of anilines is 2. The maximum absolute atomic E-state index is 5.88. The van der Waals surface area contributed by atoms with Crippen molar-refractivity contribution in [3.8, 4) is 0 Å². The Labute approximate surface area is 116 Å². The van der Waals surface area contributed by atoms with Crippen LogP contribution < -0.4 is 11.5 Å². The number of nitrogens with two attached hydrogens (primary N) is 2. The van der Waals surface area contributed by atoms with Crippen LogP contribution in [0.1, 0.15) is 11.1 Å². The Hall–Kier alpha value is -2.88. The summed E-state index contributed by atoms with van der Waals surface area (Å²) in [5.74, 6) is 0.602. The molecule has 1 heterocycles. The number of fused-ring (bicyclic) bond motifs is 1. The maximum Gasteiger partial charge on any atom is 0.222 e. The molecule has 98 valence electrons. The van der Waals surface area contributed by atoms with Gasteiger partial charge in [-0.2, -0.15) is 4.98 Å². The molecule has 1 aromatic heterocycles. The molecule has 0 saturated carbocycles. The second-order valence-corrected chi connectivity index (χ2v) is 4.49. The monoisotopic (exact) mass is 262 g/mol. The number of hydrogen-bond acceptors (Lipinski definition) is 4. The predicted octanol–water partition coefficient (Wildman–Crippen LogP) is 2.96. The standard InChI is InChI=1S/C16H14N4/c17-15-13-10-12(7-6-11-4-2-1-3-5-11)8-9-14(13)19-16(18)20-15/h1-10H,(H4,17,18,19,20)/b7-6-. The zero-order valence-electron chi connectivity index (χ0n) is 10.8. The van der Waals surface area contributed by atoms with E-state index in [1.54, 1.807) is 0 Å². The van der Waals surface area contributed by atoms with Crippen molar-refractivity contribution >= 4 is 34.8 Å². The van der Waals surface area contributed by atoms with Gasteiger partial charge >= 0.3 is 0 Å². The van der Waals surface area contributed by atoms with Crippen molar-refractivity contribution in [1.29, 1.82) is 0 Å². The van der Waals surface area contributed by atoms with Crippen LogP contribution in [0.5, 0.6) is 0 Å². The van der Waals surface area contributed by atoms with E-state index < -0.39 is 0 Å². The van der Waals surface area contributed by atoms with E-state index in [0.29, 0.717) is 5.82 Å². The van der Waals surface area contributed by atoms with Gasteiger partial charge in [0.05, 0.1) is 5.52 Å². The molecule has 2 aromatic carbocycles. The van der Waals surface area contributed by atoms with Crippen LogP contribution in [0.4, 0.5) is 11.8 Å². The van der Waals surface area contributed by atoms with Gasteiger partial charge in [0.2, 0.25) is 5.95 Å². The Morgan fingerprint density at radius 1 is 0.800 bits per heavy atom. The summed E-state index contributed by atoms with van der Waals surface area (Å²) in [5, 5.41) is 0.814. The van der Waals surface area contributed by atoms with E-state index in [0.717, 1.165) is 22.0 Å². The second-order valence-electron chi connectivity index (χ2n) is 4.49. The van der Waals surface area contributed by atoms with Gasteiger partial charge in [0, 0.05) is 5.39 Å². The SMILES string of the molecule is Nc1nc(N)c2cc(/C=C\c3ccccc3)ccc2n1. The molecule has 0 spiro atoms. The van der Waals surface area contributed by atoms with Crippen LogP contribution in [-0.4, -0.2) is 9.97 Å². The number of rotatable bonds is 2. The molecule has 0 amide bonds. The van der Waals surface area contributed by atoms with Gasteiger partial charge in [-0.25, -0.2) is 4.98 Å². The molecule has 0 radical (unpaired) electrons. The zero-order chi connectivity index (χ0) is 13.9. The van der Waals surface area contributed by atoms with E-state index in [1.807, 2.05) is 42.5 Å². The van der Waals surface area contributed by atoms with Crippen molar-refractivity contribution in [2.24, 2.45) is 0 Å². The molecule has 0 saturated heterocycles. The smallest absolute Gasteiger partial charge is 0.222 e. The van der Waals surface area contributed by atoms with Crippen molar-refractivity contribution in [2.75, 3.05) is 11.5 Å². The Kier molecular flexibility index (Phi) is 3.05. The highest BCUT2D eigenvalue weighted by atomic mass is 15.0. The van der Waals surface area contributed by atoms with E-state index >= 15 is 0 Å². The van der Waals surface area contributed by atoms with Crippen molar-refractivity contribution in [3.63, 3.8) is 0 Å². The third-order valence-corrected chi connectivity index (χ3v) is 3.03. The normalized spacial score (nSPS) is 11.2. The first-order chi connectivity index (χ1) is 9.72. The van der Waals surface area contributed by atoms with Crippen molar-refractivity contribution in [1.82, 2.24) is 9.97 Å². The lowest BCUT2D eigenvalue weighted by atomic mass is 10.1. The third kappa shape index (κ3) is 2.44. The van der Waals surface area contributed by atoms with Gasteiger partial charge in [0.25, 0.3) is 0 Å². The lowest BCUT2D eigenvalue weighted by molar-refractivity contribution is 1.24. The highest BCUT2D eigenvalue weighted by Gasteiger charge is 2.03. The van der Waals surface area contributed by atoms with Crippen LogP contribution in [0.25, 0.3) is 23.1 Å². The highest BCUT2D eigenvalue weighted by molar-refractivity contribution is 5.91. The first-order valence-electron chi connectivity index (χ1n) is 6.28. The highest BCUT2D eigenvalue weighted by Crippen LogP contribution is 2.21. The van der Waals surface area contributed by atoms with Crippen LogP contribution in [0.15, 0.2) is 48.5 Å². The fraction of sp³-hybridized carbons (Fsp3) is 0. The van der Waals surface area contributed by atoms with Gasteiger partial charge in [0.15, 0.2) is 0 Å². The number of benzene rings is 2.